The van der Waals surface area contributed by atoms with E-state index in [0.29, 0.717) is 6.42 Å². The molecule has 0 fully saturated rings. The number of unbranched alkanes of at least 4 members (excludes halogenated alkanes) is 1. The first-order valence-corrected chi connectivity index (χ1v) is 5.02. The van der Waals surface area contributed by atoms with Gasteiger partial charge in [-0.05, 0) is 18.9 Å². The van der Waals surface area contributed by atoms with Crippen molar-refractivity contribution < 1.29 is 9.90 Å². The molecule has 0 aromatic carbocycles. The van der Waals surface area contributed by atoms with Gasteiger partial charge in [0.15, 0.2) is 0 Å². The Labute approximate surface area is 92.5 Å². The van der Waals surface area contributed by atoms with Gasteiger partial charge in [0.2, 0.25) is 3.79 Å². The van der Waals surface area contributed by atoms with Crippen molar-refractivity contribution in [1.82, 2.24) is 0 Å². The van der Waals surface area contributed by atoms with Crippen LogP contribution in [-0.4, -0.2) is 14.9 Å². The highest BCUT2D eigenvalue weighted by atomic mass is 35.6. The van der Waals surface area contributed by atoms with Gasteiger partial charge in [-0.25, -0.2) is 4.79 Å². The van der Waals surface area contributed by atoms with Crippen molar-refractivity contribution >= 4 is 40.8 Å². The molecule has 0 rings (SSSR count). The zero-order valence-corrected chi connectivity index (χ0v) is 9.46. The molecule has 0 unspecified atom stereocenters. The van der Waals surface area contributed by atoms with E-state index < -0.39 is 9.76 Å². The predicted octanol–water partition coefficient (Wildman–Crippen LogP) is 3.56. The molecule has 0 saturated carbocycles. The molecule has 0 bridgehead atoms. The summed E-state index contributed by atoms with van der Waals surface area (Å²) in [5.74, 6) is -1.03. The van der Waals surface area contributed by atoms with Crippen LogP contribution >= 0.6 is 34.8 Å². The lowest BCUT2D eigenvalue weighted by Gasteiger charge is -2.07. The van der Waals surface area contributed by atoms with Crippen LogP contribution in [0.3, 0.4) is 0 Å². The van der Waals surface area contributed by atoms with E-state index in [1.165, 1.54) is 0 Å². The zero-order valence-electron chi connectivity index (χ0n) is 7.19. The quantitative estimate of drug-likeness (QED) is 0.607. The summed E-state index contributed by atoms with van der Waals surface area (Å²) in [5, 5.41) is 8.72. The third kappa shape index (κ3) is 7.17. The van der Waals surface area contributed by atoms with Crippen LogP contribution in [0.5, 0.6) is 0 Å². The van der Waals surface area contributed by atoms with Gasteiger partial charge in [-0.15, -0.1) is 0 Å². The first-order chi connectivity index (χ1) is 5.87. The minimum absolute atomic E-state index is 0.154. The van der Waals surface area contributed by atoms with Crippen molar-refractivity contribution in [1.29, 1.82) is 0 Å². The zero-order chi connectivity index (χ0) is 10.5. The Kier molecular flexibility index (Phi) is 5.77. The van der Waals surface area contributed by atoms with Gasteiger partial charge >= 0.3 is 5.97 Å². The largest absolute Gasteiger partial charge is 0.478 e. The molecule has 0 atom stereocenters. The monoisotopic (exact) mass is 244 g/mol. The topological polar surface area (TPSA) is 37.3 Å². The molecule has 0 amide bonds. The minimum atomic E-state index is -1.62. The lowest BCUT2D eigenvalue weighted by Crippen LogP contribution is -2.06. The Morgan fingerprint density at radius 1 is 1.46 bits per heavy atom. The Morgan fingerprint density at radius 3 is 2.31 bits per heavy atom. The fourth-order valence-corrected chi connectivity index (χ4v) is 1.20. The average Bonchev–Trinajstić information content (AvgIpc) is 1.95. The van der Waals surface area contributed by atoms with Gasteiger partial charge in [-0.1, -0.05) is 48.1 Å². The number of carbonyl (C=O) groups is 1. The smallest absolute Gasteiger partial charge is 0.331 e. The third-order valence-corrected chi connectivity index (χ3v) is 1.74. The Morgan fingerprint density at radius 2 is 2.00 bits per heavy atom. The number of allylic oxidation sites excluding steroid dienone is 1. The van der Waals surface area contributed by atoms with E-state index in [0.717, 1.165) is 18.9 Å². The summed E-state index contributed by atoms with van der Waals surface area (Å²) in [4.78, 5) is 10.6. The number of hydrogen-bond acceptors (Lipinski definition) is 1. The molecule has 0 spiro atoms. The molecule has 0 heterocycles. The van der Waals surface area contributed by atoms with Crippen LogP contribution in [0.4, 0.5) is 0 Å². The van der Waals surface area contributed by atoms with Gasteiger partial charge < -0.3 is 5.11 Å². The lowest BCUT2D eigenvalue weighted by atomic mass is 10.1. The van der Waals surface area contributed by atoms with Gasteiger partial charge in [-0.2, -0.15) is 0 Å². The summed E-state index contributed by atoms with van der Waals surface area (Å²) in [6.45, 7) is 1.97. The molecule has 0 aromatic heterocycles. The van der Waals surface area contributed by atoms with Gasteiger partial charge in [0, 0.05) is 5.57 Å². The number of aliphatic carboxylic acids is 1. The molecule has 0 radical (unpaired) electrons. The van der Waals surface area contributed by atoms with Crippen LogP contribution in [0, 0.1) is 0 Å². The van der Waals surface area contributed by atoms with Gasteiger partial charge in [0.1, 0.15) is 0 Å². The maximum atomic E-state index is 10.6. The average molecular weight is 246 g/mol. The number of alkyl halides is 3. The van der Waals surface area contributed by atoms with Crippen LogP contribution in [0.25, 0.3) is 0 Å². The first kappa shape index (κ1) is 13.1. The molecular formula is C8H11Cl3O2. The summed E-state index contributed by atoms with van der Waals surface area (Å²) in [6, 6.07) is 0. The summed E-state index contributed by atoms with van der Waals surface area (Å²) < 4.78 is -1.62. The summed E-state index contributed by atoms with van der Waals surface area (Å²) in [5.41, 5.74) is 0.154. The van der Waals surface area contributed by atoms with E-state index in [1.54, 1.807) is 0 Å². The van der Waals surface area contributed by atoms with Crippen LogP contribution in [0.1, 0.15) is 26.2 Å². The van der Waals surface area contributed by atoms with Gasteiger partial charge in [-0.3, -0.25) is 0 Å². The maximum Gasteiger partial charge on any atom is 0.331 e. The van der Waals surface area contributed by atoms with Crippen molar-refractivity contribution in [3.05, 3.63) is 11.6 Å². The second kappa shape index (κ2) is 5.74. The number of hydrogen-bond donors (Lipinski definition) is 1. The molecule has 0 aliphatic heterocycles. The molecule has 0 aromatic rings. The number of carboxylic acid groups (broad SMARTS) is 1. The molecule has 0 aliphatic carbocycles. The van der Waals surface area contributed by atoms with Crippen molar-refractivity contribution in [3.8, 4) is 0 Å². The van der Waals surface area contributed by atoms with Crippen LogP contribution in [-0.2, 0) is 4.79 Å². The molecule has 0 aliphatic rings. The van der Waals surface area contributed by atoms with Gasteiger partial charge in [0.05, 0.1) is 0 Å². The van der Waals surface area contributed by atoms with Crippen molar-refractivity contribution in [2.45, 2.75) is 30.0 Å². The number of halogens is 3. The summed E-state index contributed by atoms with van der Waals surface area (Å²) in [6.07, 6.45) is 3.26. The maximum absolute atomic E-state index is 10.6. The highest BCUT2D eigenvalue weighted by molar-refractivity contribution is 6.69. The Balaban J connectivity index is 4.42. The number of rotatable bonds is 4. The van der Waals surface area contributed by atoms with Crippen LogP contribution in [0.2, 0.25) is 0 Å². The van der Waals surface area contributed by atoms with E-state index in [9.17, 15) is 4.79 Å². The third-order valence-electron chi connectivity index (χ3n) is 1.41. The molecular weight excluding hydrogens is 234 g/mol. The fraction of sp³-hybridized carbons (Fsp3) is 0.625. The second-order valence-corrected chi connectivity index (χ2v) is 4.99. The molecule has 5 heteroatoms. The molecule has 13 heavy (non-hydrogen) atoms. The normalized spacial score (nSPS) is 13.1. The fourth-order valence-electron chi connectivity index (χ4n) is 0.806. The van der Waals surface area contributed by atoms with E-state index in [2.05, 4.69) is 0 Å². The Hall–Kier alpha value is 0.0800. The van der Waals surface area contributed by atoms with Crippen molar-refractivity contribution in [2.24, 2.45) is 0 Å². The Bertz CT molecular complexity index is 206. The van der Waals surface area contributed by atoms with E-state index in [4.69, 9.17) is 39.9 Å². The summed E-state index contributed by atoms with van der Waals surface area (Å²) in [7, 11) is 0. The molecule has 1 N–H and O–H groups in total. The summed E-state index contributed by atoms with van der Waals surface area (Å²) >= 11 is 16.3. The highest BCUT2D eigenvalue weighted by Gasteiger charge is 2.19. The van der Waals surface area contributed by atoms with Crippen molar-refractivity contribution in [2.75, 3.05) is 0 Å². The highest BCUT2D eigenvalue weighted by Crippen LogP contribution is 2.29. The first-order valence-electron chi connectivity index (χ1n) is 3.88. The van der Waals surface area contributed by atoms with E-state index >= 15 is 0 Å². The van der Waals surface area contributed by atoms with Crippen molar-refractivity contribution in [3.63, 3.8) is 0 Å². The predicted molar refractivity (Wildman–Crippen MR) is 55.5 cm³/mol. The minimum Gasteiger partial charge on any atom is -0.478 e. The van der Waals surface area contributed by atoms with Crippen LogP contribution < -0.4 is 0 Å². The second-order valence-electron chi connectivity index (χ2n) is 2.62. The standard InChI is InChI=1S/C8H11Cl3O2/c1-2-3-4-6(7(12)13)5-8(9,10)11/h5H,2-4H2,1H3,(H,12,13). The molecule has 76 valence electrons. The number of carboxylic acids is 1. The lowest BCUT2D eigenvalue weighted by molar-refractivity contribution is -0.132. The van der Waals surface area contributed by atoms with Gasteiger partial charge in [0.25, 0.3) is 0 Å². The SMILES string of the molecule is CCCCC(=CC(Cl)(Cl)Cl)C(=O)O. The molecule has 2 nitrogen and oxygen atoms in total. The van der Waals surface area contributed by atoms with E-state index in [1.807, 2.05) is 6.92 Å². The van der Waals surface area contributed by atoms with Crippen LogP contribution in [0.15, 0.2) is 11.6 Å². The van der Waals surface area contributed by atoms with E-state index in [-0.39, 0.29) is 5.57 Å². The molecule has 0 saturated heterocycles.